The van der Waals surface area contributed by atoms with E-state index in [2.05, 4.69) is 124 Å². The van der Waals surface area contributed by atoms with E-state index >= 15 is 0 Å². The van der Waals surface area contributed by atoms with Gasteiger partial charge in [-0.1, -0.05) is 105 Å². The summed E-state index contributed by atoms with van der Waals surface area (Å²) in [5.74, 6) is 0.554. The van der Waals surface area contributed by atoms with Crippen molar-refractivity contribution in [2.45, 2.75) is 192 Å². The van der Waals surface area contributed by atoms with Gasteiger partial charge >= 0.3 is 0 Å². The van der Waals surface area contributed by atoms with Crippen molar-refractivity contribution < 1.29 is 10.2 Å². The molecule has 0 unspecified atom stereocenters. The third-order valence-corrected chi connectivity index (χ3v) is 10.9. The second-order valence-corrected chi connectivity index (χ2v) is 16.9. The van der Waals surface area contributed by atoms with Crippen molar-refractivity contribution in [3.05, 3.63) is 128 Å². The van der Waals surface area contributed by atoms with Crippen molar-refractivity contribution in [1.29, 1.82) is 0 Å². The monoisotopic (exact) mass is 751 g/mol. The Hall–Kier alpha value is -3.52. The Morgan fingerprint density at radius 2 is 0.636 bits per heavy atom. The molecule has 0 aliphatic carbocycles. The standard InChI is InChI=1S/C53H82O2/c1-40(2)21-13-22-41(3)23-14-24-42(4)25-15-26-43(5)27-16-28-44(6)29-17-30-45(7)31-18-32-46(8)33-19-34-47(9)35-20-36-48(10)37-38-51-39-52(54)49(11)50(12)53(51)55/h21,23,25,27,29,31,33,35,37,39,54-55H,13-20,22,24,26,28,30,32,34,36,38H2,1-12H3/b41-23-,42-25+,43-27+,44-29+,45-31+,46-33+,47-35+,48-37+. The number of rotatable bonds is 26. The lowest BCUT2D eigenvalue weighted by Crippen LogP contribution is -1.91. The highest BCUT2D eigenvalue weighted by atomic mass is 16.3. The molecule has 1 aromatic rings. The molecule has 0 bridgehead atoms. The van der Waals surface area contributed by atoms with E-state index in [9.17, 15) is 10.2 Å². The minimum absolute atomic E-state index is 0.255. The predicted octanol–water partition coefficient (Wildman–Crippen LogP) is 17.0. The summed E-state index contributed by atoms with van der Waals surface area (Å²) in [6.07, 6.45) is 40.3. The second-order valence-electron chi connectivity index (χ2n) is 16.9. The maximum atomic E-state index is 10.4. The molecule has 0 amide bonds. The number of hydrogen-bond acceptors (Lipinski definition) is 2. The highest BCUT2D eigenvalue weighted by Gasteiger charge is 2.10. The van der Waals surface area contributed by atoms with E-state index in [1.54, 1.807) is 6.07 Å². The Morgan fingerprint density at radius 1 is 0.382 bits per heavy atom. The summed E-state index contributed by atoms with van der Waals surface area (Å²) in [6.45, 7) is 26.2. The minimum atomic E-state index is 0.255. The number of aromatic hydroxyl groups is 2. The van der Waals surface area contributed by atoms with Crippen molar-refractivity contribution in [2.75, 3.05) is 0 Å². The molecule has 0 atom stereocenters. The molecule has 0 fully saturated rings. The molecule has 0 aliphatic rings. The van der Waals surface area contributed by atoms with E-state index in [0.717, 1.165) is 100 Å². The van der Waals surface area contributed by atoms with Crippen LogP contribution in [0.25, 0.3) is 0 Å². The third-order valence-electron chi connectivity index (χ3n) is 10.9. The topological polar surface area (TPSA) is 40.5 Å². The van der Waals surface area contributed by atoms with Crippen LogP contribution in [0.2, 0.25) is 0 Å². The van der Waals surface area contributed by atoms with E-state index in [-0.39, 0.29) is 5.75 Å². The first-order valence-corrected chi connectivity index (χ1v) is 21.5. The largest absolute Gasteiger partial charge is 0.508 e. The summed E-state index contributed by atoms with van der Waals surface area (Å²) in [7, 11) is 0. The van der Waals surface area contributed by atoms with E-state index in [1.807, 2.05) is 13.8 Å². The van der Waals surface area contributed by atoms with Crippen LogP contribution in [-0.4, -0.2) is 10.2 Å². The van der Waals surface area contributed by atoms with Gasteiger partial charge in [-0.15, -0.1) is 0 Å². The molecular formula is C53H82O2. The van der Waals surface area contributed by atoms with Crippen LogP contribution in [0.4, 0.5) is 0 Å². The number of phenols is 2. The maximum Gasteiger partial charge on any atom is 0.122 e. The predicted molar refractivity (Wildman–Crippen MR) is 246 cm³/mol. The van der Waals surface area contributed by atoms with Crippen molar-refractivity contribution in [2.24, 2.45) is 0 Å². The molecule has 306 valence electrons. The van der Waals surface area contributed by atoms with Gasteiger partial charge in [0.2, 0.25) is 0 Å². The Kier molecular flexibility index (Phi) is 25.9. The van der Waals surface area contributed by atoms with Gasteiger partial charge in [-0.2, -0.15) is 0 Å². The average molecular weight is 751 g/mol. The SMILES string of the molecule is CC(C)=CCC/C(C)=C\CC/C(C)=C/CC/C(C)=C/CC/C(C)=C/CC/C(C)=C/CC/C(C)=C/CC/C(C)=C/CC/C(C)=C/Cc1cc(O)c(C)c(C)c1O. The molecule has 1 rings (SSSR count). The lowest BCUT2D eigenvalue weighted by atomic mass is 9.99. The van der Waals surface area contributed by atoms with Gasteiger partial charge in [-0.3, -0.25) is 0 Å². The molecule has 55 heavy (non-hydrogen) atoms. The van der Waals surface area contributed by atoms with Gasteiger partial charge in [-0.05, 0) is 209 Å². The number of phenolic OH excluding ortho intramolecular Hbond substituents is 2. The lowest BCUT2D eigenvalue weighted by Gasteiger charge is -2.10. The molecule has 0 heterocycles. The zero-order valence-electron chi connectivity index (χ0n) is 37.7. The first-order chi connectivity index (χ1) is 26.1. The van der Waals surface area contributed by atoms with Crippen molar-refractivity contribution in [3.8, 4) is 11.5 Å². The molecular weight excluding hydrogens is 669 g/mol. The molecule has 0 saturated carbocycles. The van der Waals surface area contributed by atoms with Gasteiger partial charge in [0, 0.05) is 5.56 Å². The fraction of sp³-hybridized carbons (Fsp3) is 0.547. The van der Waals surface area contributed by atoms with Gasteiger partial charge in [0.05, 0.1) is 0 Å². The van der Waals surface area contributed by atoms with Gasteiger partial charge < -0.3 is 10.2 Å². The van der Waals surface area contributed by atoms with Crippen LogP contribution >= 0.6 is 0 Å². The van der Waals surface area contributed by atoms with Crippen LogP contribution in [0.5, 0.6) is 11.5 Å². The zero-order chi connectivity index (χ0) is 41.2. The van der Waals surface area contributed by atoms with E-state index in [1.165, 1.54) is 69.4 Å². The summed E-state index contributed by atoms with van der Waals surface area (Å²) >= 11 is 0. The van der Waals surface area contributed by atoms with E-state index < -0.39 is 0 Å². The van der Waals surface area contributed by atoms with Crippen LogP contribution in [0.1, 0.15) is 189 Å². The number of benzene rings is 1. The zero-order valence-corrected chi connectivity index (χ0v) is 37.7. The summed E-state index contributed by atoms with van der Waals surface area (Å²) < 4.78 is 0. The number of allylic oxidation sites excluding steroid dienone is 18. The highest BCUT2D eigenvalue weighted by molar-refractivity contribution is 5.51. The fourth-order valence-electron chi connectivity index (χ4n) is 6.62. The van der Waals surface area contributed by atoms with E-state index in [0.29, 0.717) is 12.2 Å². The van der Waals surface area contributed by atoms with Crippen LogP contribution in [-0.2, 0) is 6.42 Å². The summed E-state index contributed by atoms with van der Waals surface area (Å²) in [6, 6.07) is 1.69. The third kappa shape index (κ3) is 24.6. The van der Waals surface area contributed by atoms with Gasteiger partial charge in [0.15, 0.2) is 0 Å². The van der Waals surface area contributed by atoms with Crippen molar-refractivity contribution >= 4 is 0 Å². The molecule has 0 saturated heterocycles. The van der Waals surface area contributed by atoms with Crippen LogP contribution in [0, 0.1) is 13.8 Å². The summed E-state index contributed by atoms with van der Waals surface area (Å²) in [5.41, 5.74) is 15.5. The summed E-state index contributed by atoms with van der Waals surface area (Å²) in [5, 5.41) is 20.6. The maximum absolute atomic E-state index is 10.4. The van der Waals surface area contributed by atoms with Gasteiger partial charge in [0.1, 0.15) is 11.5 Å². The second kappa shape index (κ2) is 28.8. The molecule has 1 aromatic carbocycles. The molecule has 0 spiro atoms. The van der Waals surface area contributed by atoms with Crippen molar-refractivity contribution in [1.82, 2.24) is 0 Å². The van der Waals surface area contributed by atoms with Crippen molar-refractivity contribution in [3.63, 3.8) is 0 Å². The molecule has 2 nitrogen and oxygen atoms in total. The number of hydrogen-bond donors (Lipinski definition) is 2. The fourth-order valence-corrected chi connectivity index (χ4v) is 6.62. The Bertz CT molecular complexity index is 1590. The van der Waals surface area contributed by atoms with E-state index in [4.69, 9.17) is 0 Å². The van der Waals surface area contributed by atoms with Gasteiger partial charge in [0.25, 0.3) is 0 Å². The van der Waals surface area contributed by atoms with Crippen LogP contribution in [0.3, 0.4) is 0 Å². The van der Waals surface area contributed by atoms with Crippen LogP contribution in [0.15, 0.2) is 111 Å². The molecule has 2 heteroatoms. The first-order valence-electron chi connectivity index (χ1n) is 21.5. The van der Waals surface area contributed by atoms with Crippen LogP contribution < -0.4 is 0 Å². The Balaban J connectivity index is 2.28. The van der Waals surface area contributed by atoms with Gasteiger partial charge in [-0.25, -0.2) is 0 Å². The normalized spacial score (nSPS) is 14.3. The molecule has 0 aromatic heterocycles. The minimum Gasteiger partial charge on any atom is -0.508 e. The Morgan fingerprint density at radius 3 is 0.909 bits per heavy atom. The smallest absolute Gasteiger partial charge is 0.122 e. The highest BCUT2D eigenvalue weighted by Crippen LogP contribution is 2.32. The summed E-state index contributed by atoms with van der Waals surface area (Å²) in [4.78, 5) is 0. The average Bonchev–Trinajstić information content (AvgIpc) is 3.11. The quantitative estimate of drug-likeness (QED) is 0.0731. The molecule has 0 aliphatic heterocycles. The molecule has 0 radical (unpaired) electrons. The molecule has 2 N–H and O–H groups in total. The lowest BCUT2D eigenvalue weighted by molar-refractivity contribution is 0.448. The Labute approximate surface area is 340 Å². The first kappa shape index (κ1) is 49.5.